The molecule has 0 saturated carbocycles. The molecule has 0 amide bonds. The minimum atomic E-state index is -0.531. The Morgan fingerprint density at radius 3 is 2.87 bits per heavy atom. The normalized spacial score (nSPS) is 9.93. The predicted octanol–water partition coefficient (Wildman–Crippen LogP) is 1.49. The van der Waals surface area contributed by atoms with Crippen molar-refractivity contribution in [2.45, 2.75) is 0 Å². The maximum absolute atomic E-state index is 13.3. The maximum Gasteiger partial charge on any atom is 0.141 e. The van der Waals surface area contributed by atoms with Gasteiger partial charge in [-0.3, -0.25) is 0 Å². The molecule has 0 saturated heterocycles. The van der Waals surface area contributed by atoms with Crippen molar-refractivity contribution in [3.05, 3.63) is 35.8 Å². The fourth-order valence-corrected chi connectivity index (χ4v) is 1.38. The van der Waals surface area contributed by atoms with Gasteiger partial charge < -0.3 is 0 Å². The average molecular weight is 202 g/mol. The van der Waals surface area contributed by atoms with Crippen molar-refractivity contribution in [1.29, 1.82) is 5.26 Å². The molecular weight excluding hydrogens is 195 g/mol. The number of hydrogen-bond donors (Lipinski definition) is 0. The summed E-state index contributed by atoms with van der Waals surface area (Å²) in [4.78, 5) is 0. The summed E-state index contributed by atoms with van der Waals surface area (Å²) < 4.78 is 14.8. The van der Waals surface area contributed by atoms with Gasteiger partial charge in [0.1, 0.15) is 11.9 Å². The molecule has 5 heteroatoms. The Morgan fingerprint density at radius 1 is 1.47 bits per heavy atom. The van der Waals surface area contributed by atoms with Gasteiger partial charge in [-0.05, 0) is 6.07 Å². The van der Waals surface area contributed by atoms with Crippen LogP contribution in [0.25, 0.3) is 11.3 Å². The van der Waals surface area contributed by atoms with Crippen LogP contribution in [-0.4, -0.2) is 15.0 Å². The first-order valence-corrected chi connectivity index (χ1v) is 4.27. The van der Waals surface area contributed by atoms with Crippen LogP contribution in [0.2, 0.25) is 0 Å². The van der Waals surface area contributed by atoms with Gasteiger partial charge in [0.15, 0.2) is 0 Å². The summed E-state index contributed by atoms with van der Waals surface area (Å²) in [5.41, 5.74) is 1.14. The molecule has 1 heterocycles. The number of benzene rings is 1. The molecule has 1 aromatic carbocycles. The molecule has 0 N–H and O–H groups in total. The molecule has 0 spiro atoms. The lowest BCUT2D eigenvalue weighted by Crippen LogP contribution is -1.97. The SMILES string of the molecule is Cn1nncc1-c1cccc(F)c1C#N. The van der Waals surface area contributed by atoms with Crippen LogP contribution in [-0.2, 0) is 7.05 Å². The zero-order chi connectivity index (χ0) is 10.8. The van der Waals surface area contributed by atoms with Crippen LogP contribution in [0.3, 0.4) is 0 Å². The van der Waals surface area contributed by atoms with E-state index in [0.29, 0.717) is 11.3 Å². The van der Waals surface area contributed by atoms with Crippen molar-refractivity contribution in [3.8, 4) is 17.3 Å². The van der Waals surface area contributed by atoms with E-state index in [1.165, 1.54) is 16.9 Å². The molecule has 0 aliphatic carbocycles. The van der Waals surface area contributed by atoms with Crippen molar-refractivity contribution in [3.63, 3.8) is 0 Å². The summed E-state index contributed by atoms with van der Waals surface area (Å²) in [7, 11) is 1.69. The Labute approximate surface area is 85.6 Å². The fraction of sp³-hybridized carbons (Fsp3) is 0.100. The summed E-state index contributed by atoms with van der Waals surface area (Å²) in [6, 6.07) is 6.31. The number of aromatic nitrogens is 3. The Morgan fingerprint density at radius 2 is 2.27 bits per heavy atom. The second-order valence-electron chi connectivity index (χ2n) is 3.02. The number of halogens is 1. The third-order valence-electron chi connectivity index (χ3n) is 2.12. The summed E-state index contributed by atoms with van der Waals surface area (Å²) in [6.45, 7) is 0. The van der Waals surface area contributed by atoms with E-state index in [4.69, 9.17) is 5.26 Å². The Kier molecular flexibility index (Phi) is 2.18. The summed E-state index contributed by atoms with van der Waals surface area (Å²) >= 11 is 0. The highest BCUT2D eigenvalue weighted by atomic mass is 19.1. The molecule has 0 bridgehead atoms. The molecule has 0 unspecified atom stereocenters. The highest BCUT2D eigenvalue weighted by Crippen LogP contribution is 2.23. The van der Waals surface area contributed by atoms with Gasteiger partial charge in [-0.15, -0.1) is 5.10 Å². The first-order valence-electron chi connectivity index (χ1n) is 4.27. The topological polar surface area (TPSA) is 54.5 Å². The standard InChI is InChI=1S/C10H7FN4/c1-15-10(6-13-14-15)7-3-2-4-9(11)8(7)5-12/h2-4,6H,1H3. The average Bonchev–Trinajstić information content (AvgIpc) is 2.64. The van der Waals surface area contributed by atoms with Crippen molar-refractivity contribution >= 4 is 0 Å². The first-order chi connectivity index (χ1) is 7.24. The van der Waals surface area contributed by atoms with Crippen LogP contribution in [0.4, 0.5) is 4.39 Å². The molecule has 0 radical (unpaired) electrons. The van der Waals surface area contributed by atoms with E-state index in [1.807, 2.05) is 6.07 Å². The van der Waals surface area contributed by atoms with Gasteiger partial charge in [0.25, 0.3) is 0 Å². The predicted molar refractivity (Wildman–Crippen MR) is 51.1 cm³/mol. The summed E-state index contributed by atoms with van der Waals surface area (Å²) in [6.07, 6.45) is 1.50. The van der Waals surface area contributed by atoms with E-state index in [2.05, 4.69) is 10.3 Å². The van der Waals surface area contributed by atoms with Crippen molar-refractivity contribution in [1.82, 2.24) is 15.0 Å². The number of rotatable bonds is 1. The van der Waals surface area contributed by atoms with E-state index in [0.717, 1.165) is 0 Å². The zero-order valence-corrected chi connectivity index (χ0v) is 7.98. The highest BCUT2D eigenvalue weighted by Gasteiger charge is 2.12. The molecule has 0 aliphatic heterocycles. The summed E-state index contributed by atoms with van der Waals surface area (Å²) in [5, 5.41) is 16.3. The van der Waals surface area contributed by atoms with E-state index in [-0.39, 0.29) is 5.56 Å². The molecule has 2 aromatic rings. The Balaban J connectivity index is 2.70. The van der Waals surface area contributed by atoms with Crippen molar-refractivity contribution < 1.29 is 4.39 Å². The molecule has 74 valence electrons. The van der Waals surface area contributed by atoms with Gasteiger partial charge in [-0.25, -0.2) is 9.07 Å². The number of nitriles is 1. The van der Waals surface area contributed by atoms with E-state index in [9.17, 15) is 4.39 Å². The van der Waals surface area contributed by atoms with Crippen LogP contribution in [0.1, 0.15) is 5.56 Å². The number of nitrogens with zero attached hydrogens (tertiary/aromatic N) is 4. The quantitative estimate of drug-likeness (QED) is 0.704. The van der Waals surface area contributed by atoms with E-state index in [1.54, 1.807) is 19.2 Å². The van der Waals surface area contributed by atoms with Crippen LogP contribution < -0.4 is 0 Å². The fourth-order valence-electron chi connectivity index (χ4n) is 1.38. The zero-order valence-electron chi connectivity index (χ0n) is 7.98. The van der Waals surface area contributed by atoms with E-state index < -0.39 is 5.82 Å². The van der Waals surface area contributed by atoms with Crippen LogP contribution in [0.5, 0.6) is 0 Å². The molecule has 0 fully saturated rings. The van der Waals surface area contributed by atoms with Gasteiger partial charge in [0, 0.05) is 12.6 Å². The first kappa shape index (κ1) is 9.34. The third-order valence-corrected chi connectivity index (χ3v) is 2.12. The Bertz CT molecular complexity index is 539. The minimum Gasteiger partial charge on any atom is -0.248 e. The van der Waals surface area contributed by atoms with Crippen LogP contribution in [0, 0.1) is 17.1 Å². The Hall–Kier alpha value is -2.22. The monoisotopic (exact) mass is 202 g/mol. The lowest BCUT2D eigenvalue weighted by atomic mass is 10.1. The molecule has 0 atom stereocenters. The molecule has 2 rings (SSSR count). The number of aryl methyl sites for hydroxylation is 1. The van der Waals surface area contributed by atoms with Crippen molar-refractivity contribution in [2.24, 2.45) is 7.05 Å². The molecule has 0 aliphatic rings. The largest absolute Gasteiger partial charge is 0.248 e. The van der Waals surface area contributed by atoms with Gasteiger partial charge in [0.05, 0.1) is 17.5 Å². The third kappa shape index (κ3) is 1.46. The molecule has 4 nitrogen and oxygen atoms in total. The second kappa shape index (κ2) is 3.50. The highest BCUT2D eigenvalue weighted by molar-refractivity contribution is 5.67. The number of hydrogen-bond acceptors (Lipinski definition) is 3. The molecule has 1 aromatic heterocycles. The molecule has 15 heavy (non-hydrogen) atoms. The van der Waals surface area contributed by atoms with Crippen LogP contribution >= 0.6 is 0 Å². The van der Waals surface area contributed by atoms with Crippen LogP contribution in [0.15, 0.2) is 24.4 Å². The van der Waals surface area contributed by atoms with Gasteiger partial charge in [-0.1, -0.05) is 17.3 Å². The lowest BCUT2D eigenvalue weighted by Gasteiger charge is -2.03. The molecular formula is C10H7FN4. The second-order valence-corrected chi connectivity index (χ2v) is 3.02. The maximum atomic E-state index is 13.3. The van der Waals surface area contributed by atoms with Gasteiger partial charge >= 0.3 is 0 Å². The van der Waals surface area contributed by atoms with E-state index >= 15 is 0 Å². The van der Waals surface area contributed by atoms with Crippen molar-refractivity contribution in [2.75, 3.05) is 0 Å². The summed E-state index contributed by atoms with van der Waals surface area (Å²) in [5.74, 6) is -0.531. The van der Waals surface area contributed by atoms with Gasteiger partial charge in [0.2, 0.25) is 0 Å². The minimum absolute atomic E-state index is 0.0166. The van der Waals surface area contributed by atoms with Gasteiger partial charge in [-0.2, -0.15) is 5.26 Å². The smallest absolute Gasteiger partial charge is 0.141 e. The lowest BCUT2D eigenvalue weighted by molar-refractivity contribution is 0.624.